The number of amides is 2. The quantitative estimate of drug-likeness (QED) is 0.646. The summed E-state index contributed by atoms with van der Waals surface area (Å²) in [5.41, 5.74) is 1.49. The van der Waals surface area contributed by atoms with Crippen molar-refractivity contribution in [2.24, 2.45) is 5.92 Å². The van der Waals surface area contributed by atoms with E-state index in [0.717, 1.165) is 5.69 Å². The standard InChI is InChI=1S/C20H22N4O4/c1-13-8-9-15(11-17(13)24(27)28)20(26)23-10-4-6-16(12-23)19(25)22-18-7-3-5-14(2)21-18/h3,5,7-9,11,16H,4,6,10,12H2,1-2H3,(H,21,22,25). The summed E-state index contributed by atoms with van der Waals surface area (Å²) in [5.74, 6) is -0.331. The van der Waals surface area contributed by atoms with Gasteiger partial charge in [0.1, 0.15) is 5.82 Å². The topological polar surface area (TPSA) is 105 Å². The van der Waals surface area contributed by atoms with Crippen LogP contribution in [0.4, 0.5) is 11.5 Å². The first kappa shape index (κ1) is 19.5. The highest BCUT2D eigenvalue weighted by Crippen LogP contribution is 2.23. The van der Waals surface area contributed by atoms with Crippen molar-refractivity contribution < 1.29 is 14.5 Å². The first-order valence-electron chi connectivity index (χ1n) is 9.14. The number of rotatable bonds is 4. The molecule has 0 spiro atoms. The number of nitro groups is 1. The molecule has 28 heavy (non-hydrogen) atoms. The number of nitrogens with one attached hydrogen (secondary N) is 1. The number of nitro benzene ring substituents is 1. The number of aromatic nitrogens is 1. The number of likely N-dealkylation sites (tertiary alicyclic amines) is 1. The van der Waals surface area contributed by atoms with Gasteiger partial charge in [-0.3, -0.25) is 19.7 Å². The lowest BCUT2D eigenvalue weighted by Crippen LogP contribution is -2.43. The van der Waals surface area contributed by atoms with Gasteiger partial charge in [-0.1, -0.05) is 12.1 Å². The van der Waals surface area contributed by atoms with Crippen LogP contribution in [0.2, 0.25) is 0 Å². The van der Waals surface area contributed by atoms with Crippen molar-refractivity contribution in [1.82, 2.24) is 9.88 Å². The van der Waals surface area contributed by atoms with Crippen molar-refractivity contribution in [1.29, 1.82) is 0 Å². The molecule has 1 aromatic carbocycles. The maximum Gasteiger partial charge on any atom is 0.273 e. The molecule has 0 aliphatic carbocycles. The van der Waals surface area contributed by atoms with E-state index < -0.39 is 4.92 Å². The zero-order chi connectivity index (χ0) is 20.3. The summed E-state index contributed by atoms with van der Waals surface area (Å²) in [7, 11) is 0. The van der Waals surface area contributed by atoms with Crippen LogP contribution in [0.5, 0.6) is 0 Å². The molecule has 3 rings (SSSR count). The average molecular weight is 382 g/mol. The van der Waals surface area contributed by atoms with Crippen LogP contribution >= 0.6 is 0 Å². The molecule has 2 aromatic rings. The summed E-state index contributed by atoms with van der Waals surface area (Å²) in [6.45, 7) is 4.27. The van der Waals surface area contributed by atoms with E-state index in [4.69, 9.17) is 0 Å². The molecule has 1 aromatic heterocycles. The minimum absolute atomic E-state index is 0.0809. The summed E-state index contributed by atoms with van der Waals surface area (Å²) in [5, 5.41) is 13.9. The molecule has 8 nitrogen and oxygen atoms in total. The van der Waals surface area contributed by atoms with Crippen LogP contribution in [-0.4, -0.2) is 39.7 Å². The van der Waals surface area contributed by atoms with Gasteiger partial charge in [0, 0.05) is 36.0 Å². The van der Waals surface area contributed by atoms with Gasteiger partial charge in [0.15, 0.2) is 0 Å². The van der Waals surface area contributed by atoms with Gasteiger partial charge in [0.05, 0.1) is 10.8 Å². The van der Waals surface area contributed by atoms with E-state index in [1.54, 1.807) is 30.0 Å². The molecule has 0 bridgehead atoms. The third kappa shape index (κ3) is 4.33. The van der Waals surface area contributed by atoms with Crippen LogP contribution in [0.25, 0.3) is 0 Å². The average Bonchev–Trinajstić information content (AvgIpc) is 2.67. The maximum atomic E-state index is 12.8. The van der Waals surface area contributed by atoms with Crippen molar-refractivity contribution in [2.75, 3.05) is 18.4 Å². The fraction of sp³-hybridized carbons (Fsp3) is 0.350. The molecule has 0 radical (unpaired) electrons. The number of anilines is 1. The summed E-state index contributed by atoms with van der Waals surface area (Å²) in [4.78, 5) is 41.9. The highest BCUT2D eigenvalue weighted by atomic mass is 16.6. The van der Waals surface area contributed by atoms with Crippen LogP contribution in [0, 0.1) is 29.9 Å². The molecule has 1 saturated heterocycles. The highest BCUT2D eigenvalue weighted by Gasteiger charge is 2.30. The number of carbonyl (C=O) groups is 2. The molecule has 2 amide bonds. The molecule has 1 atom stereocenters. The first-order valence-corrected chi connectivity index (χ1v) is 9.14. The van der Waals surface area contributed by atoms with E-state index >= 15 is 0 Å². The molecule has 2 heterocycles. The lowest BCUT2D eigenvalue weighted by Gasteiger charge is -2.32. The second-order valence-electron chi connectivity index (χ2n) is 7.00. The van der Waals surface area contributed by atoms with Crippen molar-refractivity contribution in [2.45, 2.75) is 26.7 Å². The third-order valence-electron chi connectivity index (χ3n) is 4.87. The molecule has 1 aliphatic heterocycles. The number of hydrogen-bond donors (Lipinski definition) is 1. The Kier molecular flexibility index (Phi) is 5.67. The predicted octanol–water partition coefficient (Wildman–Crippen LogP) is 3.10. The van der Waals surface area contributed by atoms with E-state index in [2.05, 4.69) is 10.3 Å². The Bertz CT molecular complexity index is 928. The first-order chi connectivity index (χ1) is 13.3. The summed E-state index contributed by atoms with van der Waals surface area (Å²) >= 11 is 0. The summed E-state index contributed by atoms with van der Waals surface area (Å²) < 4.78 is 0. The van der Waals surface area contributed by atoms with Gasteiger partial charge >= 0.3 is 0 Å². The largest absolute Gasteiger partial charge is 0.338 e. The van der Waals surface area contributed by atoms with Gasteiger partial charge in [0.2, 0.25) is 5.91 Å². The smallest absolute Gasteiger partial charge is 0.273 e. The zero-order valence-electron chi connectivity index (χ0n) is 15.8. The summed E-state index contributed by atoms with van der Waals surface area (Å²) in [6.07, 6.45) is 1.37. The predicted molar refractivity (Wildman–Crippen MR) is 104 cm³/mol. The van der Waals surface area contributed by atoms with Crippen molar-refractivity contribution in [3.63, 3.8) is 0 Å². The van der Waals surface area contributed by atoms with Crippen LogP contribution in [0.1, 0.15) is 34.5 Å². The monoisotopic (exact) mass is 382 g/mol. The van der Waals surface area contributed by atoms with E-state index in [1.807, 2.05) is 19.1 Å². The van der Waals surface area contributed by atoms with Gasteiger partial charge in [0.25, 0.3) is 11.6 Å². The second-order valence-corrected chi connectivity index (χ2v) is 7.00. The minimum Gasteiger partial charge on any atom is -0.338 e. The van der Waals surface area contributed by atoms with E-state index in [-0.39, 0.29) is 35.5 Å². The zero-order valence-corrected chi connectivity index (χ0v) is 15.8. The Morgan fingerprint density at radius 1 is 1.25 bits per heavy atom. The lowest BCUT2D eigenvalue weighted by atomic mass is 9.96. The number of benzene rings is 1. The molecular weight excluding hydrogens is 360 g/mol. The molecule has 146 valence electrons. The van der Waals surface area contributed by atoms with Gasteiger partial charge in [-0.15, -0.1) is 0 Å². The van der Waals surface area contributed by atoms with Crippen LogP contribution in [-0.2, 0) is 4.79 Å². The number of piperidine rings is 1. The molecular formula is C20H22N4O4. The number of pyridine rings is 1. The maximum absolute atomic E-state index is 12.8. The lowest BCUT2D eigenvalue weighted by molar-refractivity contribution is -0.385. The molecule has 1 N–H and O–H groups in total. The molecule has 1 unspecified atom stereocenters. The Morgan fingerprint density at radius 2 is 2.04 bits per heavy atom. The van der Waals surface area contributed by atoms with Gasteiger partial charge in [-0.05, 0) is 44.9 Å². The number of hydrogen-bond acceptors (Lipinski definition) is 5. The number of aryl methyl sites for hydroxylation is 2. The van der Waals surface area contributed by atoms with Gasteiger partial charge in [-0.25, -0.2) is 4.98 Å². The fourth-order valence-corrected chi connectivity index (χ4v) is 3.34. The van der Waals surface area contributed by atoms with Crippen molar-refractivity contribution >= 4 is 23.3 Å². The van der Waals surface area contributed by atoms with Crippen LogP contribution in [0.3, 0.4) is 0 Å². The van der Waals surface area contributed by atoms with E-state index in [9.17, 15) is 19.7 Å². The van der Waals surface area contributed by atoms with E-state index in [0.29, 0.717) is 30.8 Å². The van der Waals surface area contributed by atoms with Gasteiger partial charge < -0.3 is 10.2 Å². The number of nitrogens with zero attached hydrogens (tertiary/aromatic N) is 3. The van der Waals surface area contributed by atoms with Crippen molar-refractivity contribution in [3.8, 4) is 0 Å². The number of carbonyl (C=O) groups excluding carboxylic acids is 2. The van der Waals surface area contributed by atoms with Crippen LogP contribution < -0.4 is 5.32 Å². The Morgan fingerprint density at radius 3 is 2.75 bits per heavy atom. The Balaban J connectivity index is 1.70. The van der Waals surface area contributed by atoms with Crippen LogP contribution in [0.15, 0.2) is 36.4 Å². The third-order valence-corrected chi connectivity index (χ3v) is 4.87. The minimum atomic E-state index is -0.493. The molecule has 1 aliphatic rings. The second kappa shape index (κ2) is 8.16. The molecule has 1 fully saturated rings. The van der Waals surface area contributed by atoms with E-state index in [1.165, 1.54) is 6.07 Å². The Labute approximate surface area is 162 Å². The Hall–Kier alpha value is -3.29. The van der Waals surface area contributed by atoms with Gasteiger partial charge in [-0.2, -0.15) is 0 Å². The fourth-order valence-electron chi connectivity index (χ4n) is 3.34. The summed E-state index contributed by atoms with van der Waals surface area (Å²) in [6, 6.07) is 9.85. The highest BCUT2D eigenvalue weighted by molar-refractivity contribution is 5.96. The van der Waals surface area contributed by atoms with Crippen molar-refractivity contribution in [3.05, 3.63) is 63.3 Å². The normalized spacial score (nSPS) is 16.5. The molecule has 0 saturated carbocycles. The molecule has 8 heteroatoms. The SMILES string of the molecule is Cc1cccc(NC(=O)C2CCCN(C(=O)c3ccc(C)c([N+](=O)[O-])c3)C2)n1.